The summed E-state index contributed by atoms with van der Waals surface area (Å²) in [6.45, 7) is 6.54. The van der Waals surface area contributed by atoms with Crippen LogP contribution in [0.4, 0.5) is 10.5 Å². The average molecular weight is 395 g/mol. The molecular weight excluding hydrogens is 370 g/mol. The zero-order valence-corrected chi connectivity index (χ0v) is 16.9. The van der Waals surface area contributed by atoms with Gasteiger partial charge in [-0.2, -0.15) is 10.5 Å². The smallest absolute Gasteiger partial charge is 0.410 e. The molecular formula is C21H25N5O3. The van der Waals surface area contributed by atoms with Crippen molar-refractivity contribution in [3.63, 3.8) is 0 Å². The second-order valence-electron chi connectivity index (χ2n) is 7.69. The molecule has 0 atom stereocenters. The number of nitrogens with zero attached hydrogens (tertiary/aromatic N) is 3. The number of anilines is 1. The first kappa shape index (κ1) is 21.8. The molecule has 0 bridgehead atoms. The molecule has 0 aromatic heterocycles. The second-order valence-corrected chi connectivity index (χ2v) is 7.69. The number of hydrogen-bond acceptors (Lipinski definition) is 6. The zero-order valence-electron chi connectivity index (χ0n) is 16.9. The Morgan fingerprint density at radius 2 is 1.86 bits per heavy atom. The molecule has 8 heteroatoms. The molecule has 0 unspecified atom stereocenters. The maximum absolute atomic E-state index is 12.3. The number of nitriles is 2. The number of piperidine rings is 1. The van der Waals surface area contributed by atoms with E-state index in [9.17, 15) is 14.9 Å². The second kappa shape index (κ2) is 9.61. The Morgan fingerprint density at radius 1 is 1.21 bits per heavy atom. The molecule has 2 N–H and O–H groups in total. The van der Waals surface area contributed by atoms with Gasteiger partial charge in [-0.1, -0.05) is 12.1 Å². The number of ether oxygens (including phenoxy) is 1. The summed E-state index contributed by atoms with van der Waals surface area (Å²) in [6, 6.07) is 10.5. The van der Waals surface area contributed by atoms with Gasteiger partial charge in [0.05, 0.1) is 11.3 Å². The molecule has 1 aromatic carbocycles. The van der Waals surface area contributed by atoms with Crippen LogP contribution in [0.5, 0.6) is 0 Å². The van der Waals surface area contributed by atoms with E-state index in [1.54, 1.807) is 29.2 Å². The van der Waals surface area contributed by atoms with Crippen LogP contribution < -0.4 is 10.6 Å². The van der Waals surface area contributed by atoms with E-state index in [0.717, 1.165) is 0 Å². The highest BCUT2D eigenvalue weighted by Crippen LogP contribution is 2.17. The van der Waals surface area contributed by atoms with E-state index in [0.29, 0.717) is 37.2 Å². The van der Waals surface area contributed by atoms with Gasteiger partial charge in [0, 0.05) is 25.3 Å². The summed E-state index contributed by atoms with van der Waals surface area (Å²) < 4.78 is 5.37. The van der Waals surface area contributed by atoms with Crippen LogP contribution in [0.25, 0.3) is 0 Å². The van der Waals surface area contributed by atoms with E-state index in [-0.39, 0.29) is 17.7 Å². The predicted octanol–water partition coefficient (Wildman–Crippen LogP) is 2.89. The lowest BCUT2D eigenvalue weighted by atomic mass is 10.1. The van der Waals surface area contributed by atoms with Crippen LogP contribution in [0.3, 0.4) is 0 Å². The molecule has 8 nitrogen and oxygen atoms in total. The molecule has 152 valence electrons. The van der Waals surface area contributed by atoms with E-state index in [2.05, 4.69) is 10.6 Å². The molecule has 1 saturated heterocycles. The summed E-state index contributed by atoms with van der Waals surface area (Å²) in [5, 5.41) is 24.1. The van der Waals surface area contributed by atoms with Gasteiger partial charge in [-0.05, 0) is 45.7 Å². The minimum absolute atomic E-state index is 0.0382. The summed E-state index contributed by atoms with van der Waals surface area (Å²) in [5.74, 6) is -0.589. The first-order valence-corrected chi connectivity index (χ1v) is 9.38. The van der Waals surface area contributed by atoms with E-state index in [1.807, 2.05) is 32.9 Å². The number of rotatable bonds is 4. The van der Waals surface area contributed by atoms with Crippen LogP contribution in [0, 0.1) is 22.7 Å². The van der Waals surface area contributed by atoms with Crippen molar-refractivity contribution in [3.05, 3.63) is 41.6 Å². The molecule has 0 spiro atoms. The first-order valence-electron chi connectivity index (χ1n) is 9.38. The third-order valence-electron chi connectivity index (χ3n) is 4.27. The third-order valence-corrected chi connectivity index (χ3v) is 4.27. The summed E-state index contributed by atoms with van der Waals surface area (Å²) in [6.07, 6.45) is 2.40. The molecule has 0 radical (unpaired) electrons. The lowest BCUT2D eigenvalue weighted by molar-refractivity contribution is -0.112. The van der Waals surface area contributed by atoms with Crippen molar-refractivity contribution >= 4 is 17.7 Å². The SMILES string of the molecule is CC(C)(C)OC(=O)N1CCC(N/C=C(/C#N)C(=O)Nc2ccccc2C#N)CC1. The highest BCUT2D eigenvalue weighted by atomic mass is 16.6. The highest BCUT2D eigenvalue weighted by molar-refractivity contribution is 6.07. The number of likely N-dealkylation sites (tertiary alicyclic amines) is 1. The quantitative estimate of drug-likeness (QED) is 0.598. The van der Waals surface area contributed by atoms with Gasteiger partial charge < -0.3 is 20.3 Å². The van der Waals surface area contributed by atoms with Crippen LogP contribution in [0.2, 0.25) is 0 Å². The van der Waals surface area contributed by atoms with Crippen LogP contribution in [0.15, 0.2) is 36.0 Å². The molecule has 1 heterocycles. The normalized spacial score (nSPS) is 15.1. The number of benzene rings is 1. The number of para-hydroxylation sites is 1. The van der Waals surface area contributed by atoms with E-state index in [4.69, 9.17) is 10.00 Å². The summed E-state index contributed by atoms with van der Waals surface area (Å²) >= 11 is 0. The largest absolute Gasteiger partial charge is 0.444 e. The maximum atomic E-state index is 12.3. The number of nitrogens with one attached hydrogen (secondary N) is 2. The number of amides is 2. The Balaban J connectivity index is 1.90. The van der Waals surface area contributed by atoms with Crippen molar-refractivity contribution in [2.24, 2.45) is 0 Å². The molecule has 1 aliphatic rings. The minimum Gasteiger partial charge on any atom is -0.444 e. The van der Waals surface area contributed by atoms with Crippen molar-refractivity contribution in [1.82, 2.24) is 10.2 Å². The lowest BCUT2D eigenvalue weighted by Crippen LogP contribution is -2.45. The lowest BCUT2D eigenvalue weighted by Gasteiger charge is -2.33. The zero-order chi connectivity index (χ0) is 21.4. The first-order chi connectivity index (χ1) is 13.7. The number of hydrogen-bond donors (Lipinski definition) is 2. The van der Waals surface area contributed by atoms with Crippen molar-refractivity contribution < 1.29 is 14.3 Å². The van der Waals surface area contributed by atoms with Gasteiger partial charge in [-0.25, -0.2) is 4.79 Å². The number of carbonyl (C=O) groups is 2. The fraction of sp³-hybridized carbons (Fsp3) is 0.429. The molecule has 2 amide bonds. The summed E-state index contributed by atoms with van der Waals surface area (Å²) in [4.78, 5) is 26.1. The molecule has 0 aliphatic carbocycles. The Kier molecular flexibility index (Phi) is 7.21. The van der Waals surface area contributed by atoms with Gasteiger partial charge >= 0.3 is 6.09 Å². The minimum atomic E-state index is -0.589. The van der Waals surface area contributed by atoms with Crippen molar-refractivity contribution in [3.8, 4) is 12.1 Å². The third kappa shape index (κ3) is 6.54. The van der Waals surface area contributed by atoms with Crippen LogP contribution >= 0.6 is 0 Å². The summed E-state index contributed by atoms with van der Waals surface area (Å²) in [7, 11) is 0. The maximum Gasteiger partial charge on any atom is 0.410 e. The Morgan fingerprint density at radius 3 is 2.45 bits per heavy atom. The van der Waals surface area contributed by atoms with E-state index in [1.165, 1.54) is 6.20 Å². The Bertz CT molecular complexity index is 866. The fourth-order valence-corrected chi connectivity index (χ4v) is 2.78. The molecule has 1 fully saturated rings. The Hall–Kier alpha value is -3.52. The van der Waals surface area contributed by atoms with Crippen molar-refractivity contribution in [1.29, 1.82) is 10.5 Å². The van der Waals surface area contributed by atoms with Gasteiger partial charge in [0.1, 0.15) is 23.3 Å². The standard InChI is InChI=1S/C21H25N5O3/c1-21(2,3)29-20(28)26-10-8-17(9-11-26)24-14-16(13-23)19(27)25-18-7-5-4-6-15(18)12-22/h4-7,14,17,24H,8-11H2,1-3H3,(H,25,27)/b16-14-. The van der Waals surface area contributed by atoms with Gasteiger partial charge in [0.2, 0.25) is 0 Å². The molecule has 0 saturated carbocycles. The highest BCUT2D eigenvalue weighted by Gasteiger charge is 2.26. The van der Waals surface area contributed by atoms with Crippen molar-refractivity contribution in [2.75, 3.05) is 18.4 Å². The van der Waals surface area contributed by atoms with Gasteiger partial charge in [0.25, 0.3) is 5.91 Å². The van der Waals surface area contributed by atoms with Crippen LogP contribution in [0.1, 0.15) is 39.2 Å². The van der Waals surface area contributed by atoms with E-state index < -0.39 is 11.5 Å². The predicted molar refractivity (Wildman–Crippen MR) is 107 cm³/mol. The monoisotopic (exact) mass is 395 g/mol. The average Bonchev–Trinajstić information content (AvgIpc) is 2.68. The number of carbonyl (C=O) groups excluding carboxylic acids is 2. The van der Waals surface area contributed by atoms with E-state index >= 15 is 0 Å². The van der Waals surface area contributed by atoms with Crippen molar-refractivity contribution in [2.45, 2.75) is 45.3 Å². The van der Waals surface area contributed by atoms with Gasteiger partial charge in [0.15, 0.2) is 0 Å². The molecule has 1 aromatic rings. The van der Waals surface area contributed by atoms with Gasteiger partial charge in [-0.3, -0.25) is 4.79 Å². The topological polar surface area (TPSA) is 118 Å². The Labute approximate surface area is 170 Å². The van der Waals surface area contributed by atoms with Crippen LogP contribution in [-0.4, -0.2) is 41.6 Å². The summed E-state index contributed by atoms with van der Waals surface area (Å²) in [5.41, 5.74) is 0.0495. The van der Waals surface area contributed by atoms with Gasteiger partial charge in [-0.15, -0.1) is 0 Å². The van der Waals surface area contributed by atoms with Crippen LogP contribution in [-0.2, 0) is 9.53 Å². The fourth-order valence-electron chi connectivity index (χ4n) is 2.78. The molecule has 1 aliphatic heterocycles. The molecule has 2 rings (SSSR count). The molecule has 29 heavy (non-hydrogen) atoms.